The molecular weight excluding hydrogens is 400 g/mol. The van der Waals surface area contributed by atoms with Crippen LogP contribution in [0.1, 0.15) is 42.4 Å². The third-order valence-electron chi connectivity index (χ3n) is 6.82. The molecule has 1 aliphatic rings. The summed E-state index contributed by atoms with van der Waals surface area (Å²) < 4.78 is 7.36. The minimum absolute atomic E-state index is 0.0729. The van der Waals surface area contributed by atoms with Crippen LogP contribution < -0.4 is 4.74 Å². The lowest BCUT2D eigenvalue weighted by atomic mass is 9.75. The third kappa shape index (κ3) is 5.75. The first kappa shape index (κ1) is 22.5. The van der Waals surface area contributed by atoms with Crippen LogP contribution >= 0.6 is 0 Å². The Morgan fingerprint density at radius 2 is 1.84 bits per heavy atom. The van der Waals surface area contributed by atoms with E-state index in [1.54, 1.807) is 19.8 Å². The summed E-state index contributed by atoms with van der Waals surface area (Å²) in [6.07, 6.45) is 8.71. The van der Waals surface area contributed by atoms with E-state index >= 15 is 0 Å². The fraction of sp³-hybridized carbons (Fsp3) is 0.462. The van der Waals surface area contributed by atoms with Gasteiger partial charge in [0.1, 0.15) is 18.4 Å². The summed E-state index contributed by atoms with van der Waals surface area (Å²) in [6, 6.07) is 17.1. The predicted molar refractivity (Wildman–Crippen MR) is 126 cm³/mol. The number of aliphatic hydroxyl groups is 1. The number of ether oxygens (including phenoxy) is 1. The fourth-order valence-corrected chi connectivity index (χ4v) is 4.79. The second-order valence-electron chi connectivity index (χ2n) is 9.01. The molecule has 6 heteroatoms. The normalized spacial score (nSPS) is 16.2. The second-order valence-corrected chi connectivity index (χ2v) is 9.01. The minimum Gasteiger partial charge on any atom is -0.496 e. The average molecular weight is 435 g/mol. The lowest BCUT2D eigenvalue weighted by Crippen LogP contribution is -2.41. The zero-order chi connectivity index (χ0) is 22.2. The van der Waals surface area contributed by atoms with E-state index in [1.807, 2.05) is 10.7 Å². The molecule has 1 saturated heterocycles. The zero-order valence-corrected chi connectivity index (χ0v) is 19.0. The Morgan fingerprint density at radius 1 is 1.03 bits per heavy atom. The van der Waals surface area contributed by atoms with Gasteiger partial charge in [0.25, 0.3) is 0 Å². The quantitative estimate of drug-likeness (QED) is 0.524. The molecule has 4 rings (SSSR count). The highest BCUT2D eigenvalue weighted by atomic mass is 16.5. The average Bonchev–Trinajstić information content (AvgIpc) is 3.34. The Kier molecular flexibility index (Phi) is 7.55. The number of piperidine rings is 1. The molecule has 6 nitrogen and oxygen atoms in total. The minimum atomic E-state index is 0.0729. The molecule has 1 aliphatic heterocycles. The fourth-order valence-electron chi connectivity index (χ4n) is 4.79. The number of aliphatic hydroxyl groups excluding tert-OH is 1. The van der Waals surface area contributed by atoms with Crippen LogP contribution in [0.25, 0.3) is 0 Å². The molecule has 0 aliphatic carbocycles. The standard InChI is InChI=1S/C26H34N4O2/c1-32-25-10-9-23(16-24(25)18-30-21-27-20-28-30)17-29-14-12-26(19-31,13-15-29)11-5-8-22-6-3-2-4-7-22/h2-4,6-7,9-10,16,20-21,31H,5,8,11-15,17-19H2,1H3. The highest BCUT2D eigenvalue weighted by Crippen LogP contribution is 2.36. The zero-order valence-electron chi connectivity index (χ0n) is 19.0. The molecule has 0 unspecified atom stereocenters. The van der Waals surface area contributed by atoms with E-state index in [0.29, 0.717) is 13.2 Å². The van der Waals surface area contributed by atoms with Gasteiger partial charge < -0.3 is 9.84 Å². The first-order valence-electron chi connectivity index (χ1n) is 11.5. The van der Waals surface area contributed by atoms with Gasteiger partial charge in [-0.15, -0.1) is 0 Å². The lowest BCUT2D eigenvalue weighted by molar-refractivity contribution is 0.0330. The van der Waals surface area contributed by atoms with Gasteiger partial charge in [0.15, 0.2) is 0 Å². The van der Waals surface area contributed by atoms with Crippen molar-refractivity contribution in [2.24, 2.45) is 5.41 Å². The molecule has 0 bridgehead atoms. The van der Waals surface area contributed by atoms with Gasteiger partial charge in [-0.2, -0.15) is 5.10 Å². The lowest BCUT2D eigenvalue weighted by Gasteiger charge is -2.41. The van der Waals surface area contributed by atoms with E-state index in [4.69, 9.17) is 4.74 Å². The molecule has 0 spiro atoms. The monoisotopic (exact) mass is 434 g/mol. The molecule has 32 heavy (non-hydrogen) atoms. The first-order valence-corrected chi connectivity index (χ1v) is 11.5. The van der Waals surface area contributed by atoms with E-state index in [2.05, 4.69) is 57.4 Å². The van der Waals surface area contributed by atoms with Crippen LogP contribution in [0, 0.1) is 5.41 Å². The molecule has 1 fully saturated rings. The number of methoxy groups -OCH3 is 1. The van der Waals surface area contributed by atoms with Crippen LogP contribution in [-0.4, -0.2) is 51.6 Å². The van der Waals surface area contributed by atoms with E-state index in [1.165, 1.54) is 11.1 Å². The molecule has 3 aromatic rings. The molecule has 0 atom stereocenters. The second kappa shape index (κ2) is 10.7. The largest absolute Gasteiger partial charge is 0.496 e. The van der Waals surface area contributed by atoms with E-state index < -0.39 is 0 Å². The summed E-state index contributed by atoms with van der Waals surface area (Å²) >= 11 is 0. The van der Waals surface area contributed by atoms with Crippen molar-refractivity contribution in [2.75, 3.05) is 26.8 Å². The van der Waals surface area contributed by atoms with Crippen LogP contribution in [0.5, 0.6) is 5.75 Å². The van der Waals surface area contributed by atoms with Gasteiger partial charge in [0, 0.05) is 18.7 Å². The van der Waals surface area contributed by atoms with Crippen molar-refractivity contribution in [3.05, 3.63) is 77.9 Å². The number of nitrogens with zero attached hydrogens (tertiary/aromatic N) is 4. The smallest absolute Gasteiger partial charge is 0.137 e. The van der Waals surface area contributed by atoms with Gasteiger partial charge in [0.05, 0.1) is 13.7 Å². The van der Waals surface area contributed by atoms with Crippen molar-refractivity contribution in [1.82, 2.24) is 19.7 Å². The third-order valence-corrected chi connectivity index (χ3v) is 6.82. The molecule has 0 saturated carbocycles. The summed E-state index contributed by atoms with van der Waals surface area (Å²) in [4.78, 5) is 6.54. The van der Waals surface area contributed by atoms with E-state index in [0.717, 1.165) is 63.1 Å². The van der Waals surface area contributed by atoms with Crippen LogP contribution in [-0.2, 0) is 19.5 Å². The van der Waals surface area contributed by atoms with Crippen molar-refractivity contribution < 1.29 is 9.84 Å². The predicted octanol–water partition coefficient (Wildman–Crippen LogP) is 3.93. The Labute approximate surface area is 190 Å². The molecule has 1 aromatic heterocycles. The van der Waals surface area contributed by atoms with Crippen LogP contribution in [0.4, 0.5) is 0 Å². The highest BCUT2D eigenvalue weighted by molar-refractivity contribution is 5.37. The van der Waals surface area contributed by atoms with Crippen LogP contribution in [0.3, 0.4) is 0 Å². The Balaban J connectivity index is 1.31. The number of rotatable bonds is 10. The number of hydrogen-bond acceptors (Lipinski definition) is 5. The van der Waals surface area contributed by atoms with Crippen molar-refractivity contribution >= 4 is 0 Å². The molecule has 2 heterocycles. The SMILES string of the molecule is COc1ccc(CN2CCC(CO)(CCCc3ccccc3)CC2)cc1Cn1cncn1. The number of benzene rings is 2. The van der Waals surface area contributed by atoms with Gasteiger partial charge >= 0.3 is 0 Å². The molecule has 1 N–H and O–H groups in total. The van der Waals surface area contributed by atoms with Gasteiger partial charge in [0.2, 0.25) is 0 Å². The summed E-state index contributed by atoms with van der Waals surface area (Å²) in [5.74, 6) is 0.876. The number of aromatic nitrogens is 3. The molecular formula is C26H34N4O2. The maximum atomic E-state index is 10.2. The maximum Gasteiger partial charge on any atom is 0.137 e. The van der Waals surface area contributed by atoms with Crippen molar-refractivity contribution in [1.29, 1.82) is 0 Å². The van der Waals surface area contributed by atoms with Crippen molar-refractivity contribution in [2.45, 2.75) is 45.2 Å². The van der Waals surface area contributed by atoms with Gasteiger partial charge in [-0.05, 0) is 73.9 Å². The molecule has 0 radical (unpaired) electrons. The Morgan fingerprint density at radius 3 is 2.53 bits per heavy atom. The molecule has 2 aromatic carbocycles. The number of aryl methyl sites for hydroxylation is 1. The van der Waals surface area contributed by atoms with E-state index in [-0.39, 0.29) is 5.41 Å². The van der Waals surface area contributed by atoms with Crippen LogP contribution in [0.15, 0.2) is 61.2 Å². The van der Waals surface area contributed by atoms with Crippen molar-refractivity contribution in [3.8, 4) is 5.75 Å². The maximum absolute atomic E-state index is 10.2. The first-order chi connectivity index (χ1) is 15.7. The summed E-state index contributed by atoms with van der Waals surface area (Å²) in [5, 5.41) is 14.4. The van der Waals surface area contributed by atoms with Gasteiger partial charge in [-0.1, -0.05) is 36.4 Å². The van der Waals surface area contributed by atoms with Gasteiger partial charge in [-0.3, -0.25) is 4.90 Å². The summed E-state index contributed by atoms with van der Waals surface area (Å²) in [6.45, 7) is 3.90. The Hall–Kier alpha value is -2.70. The van der Waals surface area contributed by atoms with Gasteiger partial charge in [-0.25, -0.2) is 9.67 Å². The topological polar surface area (TPSA) is 63.4 Å². The van der Waals surface area contributed by atoms with E-state index in [9.17, 15) is 5.11 Å². The van der Waals surface area contributed by atoms with Crippen LogP contribution in [0.2, 0.25) is 0 Å². The summed E-state index contributed by atoms with van der Waals surface area (Å²) in [5.41, 5.74) is 3.85. The molecule has 0 amide bonds. The highest BCUT2D eigenvalue weighted by Gasteiger charge is 2.33. The van der Waals surface area contributed by atoms with Crippen molar-refractivity contribution in [3.63, 3.8) is 0 Å². The number of hydrogen-bond donors (Lipinski definition) is 1. The Bertz CT molecular complexity index is 951. The number of likely N-dealkylation sites (tertiary alicyclic amines) is 1. The molecule has 170 valence electrons. The summed E-state index contributed by atoms with van der Waals surface area (Å²) in [7, 11) is 1.71.